The van der Waals surface area contributed by atoms with Crippen molar-refractivity contribution < 1.29 is 14.7 Å². The van der Waals surface area contributed by atoms with Gasteiger partial charge in [-0.2, -0.15) is 0 Å². The molecule has 0 aromatic rings. The Balaban J connectivity index is 2.18. The number of piperidine rings is 1. The first-order valence-electron chi connectivity index (χ1n) is 6.95. The van der Waals surface area contributed by atoms with Crippen LogP contribution >= 0.6 is 0 Å². The van der Waals surface area contributed by atoms with Gasteiger partial charge in [0.15, 0.2) is 0 Å². The van der Waals surface area contributed by atoms with E-state index in [0.29, 0.717) is 12.3 Å². The molecule has 2 rings (SSSR count). The van der Waals surface area contributed by atoms with Crippen LogP contribution in [0.2, 0.25) is 0 Å². The molecule has 2 aliphatic rings. The normalized spacial score (nSPS) is 41.2. The van der Waals surface area contributed by atoms with Gasteiger partial charge in [0.1, 0.15) is 0 Å². The van der Waals surface area contributed by atoms with Crippen molar-refractivity contribution in [3.8, 4) is 0 Å². The molecule has 0 aromatic heterocycles. The summed E-state index contributed by atoms with van der Waals surface area (Å²) in [5.41, 5.74) is 0. The van der Waals surface area contributed by atoms with Crippen molar-refractivity contribution >= 4 is 11.9 Å². The number of likely N-dealkylation sites (tertiary alicyclic amines) is 1. The molecule has 102 valence electrons. The SMILES string of the molecule is CC1CCC(N2C(=O)CC(C)C(C(=O)O)C2C)C1. The molecule has 4 heteroatoms. The highest BCUT2D eigenvalue weighted by molar-refractivity contribution is 5.82. The lowest BCUT2D eigenvalue weighted by atomic mass is 9.80. The highest BCUT2D eigenvalue weighted by Crippen LogP contribution is 2.37. The van der Waals surface area contributed by atoms with Crippen LogP contribution in [-0.2, 0) is 9.59 Å². The van der Waals surface area contributed by atoms with Crippen molar-refractivity contribution in [1.82, 2.24) is 4.90 Å². The fourth-order valence-electron chi connectivity index (χ4n) is 3.80. The van der Waals surface area contributed by atoms with Gasteiger partial charge in [-0.3, -0.25) is 9.59 Å². The van der Waals surface area contributed by atoms with Crippen LogP contribution in [0, 0.1) is 17.8 Å². The van der Waals surface area contributed by atoms with Crippen LogP contribution in [0.25, 0.3) is 0 Å². The van der Waals surface area contributed by atoms with Gasteiger partial charge in [-0.15, -0.1) is 0 Å². The van der Waals surface area contributed by atoms with Gasteiger partial charge in [0.2, 0.25) is 5.91 Å². The van der Waals surface area contributed by atoms with E-state index < -0.39 is 11.9 Å². The largest absolute Gasteiger partial charge is 0.481 e. The second-order valence-corrected chi connectivity index (χ2v) is 6.16. The van der Waals surface area contributed by atoms with Gasteiger partial charge in [0, 0.05) is 18.5 Å². The summed E-state index contributed by atoms with van der Waals surface area (Å²) in [6, 6.07) is 0.0888. The Morgan fingerprint density at radius 1 is 1.28 bits per heavy atom. The van der Waals surface area contributed by atoms with Gasteiger partial charge < -0.3 is 10.0 Å². The summed E-state index contributed by atoms with van der Waals surface area (Å²) in [5, 5.41) is 9.34. The monoisotopic (exact) mass is 253 g/mol. The second-order valence-electron chi connectivity index (χ2n) is 6.16. The lowest BCUT2D eigenvalue weighted by Crippen LogP contribution is -2.56. The third-order valence-electron chi connectivity index (χ3n) is 4.70. The van der Waals surface area contributed by atoms with E-state index in [1.165, 1.54) is 0 Å². The molecule has 1 saturated heterocycles. The molecule has 1 heterocycles. The summed E-state index contributed by atoms with van der Waals surface area (Å²) in [4.78, 5) is 25.5. The van der Waals surface area contributed by atoms with Crippen LogP contribution in [0.3, 0.4) is 0 Å². The molecule has 4 nitrogen and oxygen atoms in total. The maximum absolute atomic E-state index is 12.2. The molecule has 5 unspecified atom stereocenters. The van der Waals surface area contributed by atoms with E-state index >= 15 is 0 Å². The van der Waals surface area contributed by atoms with Crippen LogP contribution in [0.4, 0.5) is 0 Å². The molecule has 2 fully saturated rings. The van der Waals surface area contributed by atoms with Crippen LogP contribution < -0.4 is 0 Å². The van der Waals surface area contributed by atoms with Crippen molar-refractivity contribution in [3.05, 3.63) is 0 Å². The van der Waals surface area contributed by atoms with E-state index in [4.69, 9.17) is 0 Å². The van der Waals surface area contributed by atoms with E-state index in [1.54, 1.807) is 0 Å². The fourth-order valence-corrected chi connectivity index (χ4v) is 3.80. The number of carbonyl (C=O) groups excluding carboxylic acids is 1. The number of aliphatic carboxylic acids is 1. The number of carbonyl (C=O) groups is 2. The van der Waals surface area contributed by atoms with Crippen molar-refractivity contribution in [2.45, 2.75) is 58.5 Å². The van der Waals surface area contributed by atoms with Crippen LogP contribution in [0.5, 0.6) is 0 Å². The average molecular weight is 253 g/mol. The predicted octanol–water partition coefficient (Wildman–Crippen LogP) is 2.13. The Labute approximate surface area is 108 Å². The van der Waals surface area contributed by atoms with Gasteiger partial charge in [0.05, 0.1) is 5.92 Å². The quantitative estimate of drug-likeness (QED) is 0.820. The number of hydrogen-bond donors (Lipinski definition) is 1. The number of rotatable bonds is 2. The topological polar surface area (TPSA) is 57.6 Å². The summed E-state index contributed by atoms with van der Waals surface area (Å²) >= 11 is 0. The summed E-state index contributed by atoms with van der Waals surface area (Å²) in [5.74, 6) is -0.443. The van der Waals surface area contributed by atoms with Crippen molar-refractivity contribution in [1.29, 1.82) is 0 Å². The van der Waals surface area contributed by atoms with Crippen molar-refractivity contribution in [3.63, 3.8) is 0 Å². The van der Waals surface area contributed by atoms with Gasteiger partial charge in [-0.25, -0.2) is 0 Å². The highest BCUT2D eigenvalue weighted by atomic mass is 16.4. The summed E-state index contributed by atoms with van der Waals surface area (Å²) in [7, 11) is 0. The number of carboxylic acids is 1. The summed E-state index contributed by atoms with van der Waals surface area (Å²) < 4.78 is 0. The third kappa shape index (κ3) is 2.25. The molecule has 0 bridgehead atoms. The lowest BCUT2D eigenvalue weighted by Gasteiger charge is -2.44. The molecule has 0 radical (unpaired) electrons. The third-order valence-corrected chi connectivity index (χ3v) is 4.70. The lowest BCUT2D eigenvalue weighted by molar-refractivity contribution is -0.156. The maximum Gasteiger partial charge on any atom is 0.308 e. The fraction of sp³-hybridized carbons (Fsp3) is 0.857. The number of nitrogens with zero attached hydrogens (tertiary/aromatic N) is 1. The minimum absolute atomic E-state index is 0.0555. The Morgan fingerprint density at radius 2 is 1.94 bits per heavy atom. The van der Waals surface area contributed by atoms with Gasteiger partial charge >= 0.3 is 5.97 Å². The Bertz CT molecular complexity index is 355. The summed E-state index contributed by atoms with van der Waals surface area (Å²) in [6.07, 6.45) is 3.58. The predicted molar refractivity (Wildman–Crippen MR) is 68.0 cm³/mol. The standard InChI is InChI=1S/C14H23NO3/c1-8-4-5-11(6-8)15-10(3)13(14(17)18)9(2)7-12(15)16/h8-11,13H,4-7H2,1-3H3,(H,17,18). The molecular weight excluding hydrogens is 230 g/mol. The smallest absolute Gasteiger partial charge is 0.308 e. The van der Waals surface area contributed by atoms with E-state index in [0.717, 1.165) is 19.3 Å². The van der Waals surface area contributed by atoms with Crippen LogP contribution in [0.1, 0.15) is 46.5 Å². The molecule has 5 atom stereocenters. The Morgan fingerprint density at radius 3 is 2.44 bits per heavy atom. The molecule has 1 aliphatic carbocycles. The molecule has 1 saturated carbocycles. The first-order valence-corrected chi connectivity index (χ1v) is 6.95. The Kier molecular flexibility index (Phi) is 3.64. The molecule has 18 heavy (non-hydrogen) atoms. The number of hydrogen-bond acceptors (Lipinski definition) is 2. The highest BCUT2D eigenvalue weighted by Gasteiger charge is 2.45. The minimum atomic E-state index is -0.765. The molecule has 0 spiro atoms. The van der Waals surface area contributed by atoms with E-state index in [-0.39, 0.29) is 23.9 Å². The molecule has 1 aliphatic heterocycles. The summed E-state index contributed by atoms with van der Waals surface area (Å²) in [6.45, 7) is 5.98. The van der Waals surface area contributed by atoms with Crippen molar-refractivity contribution in [2.75, 3.05) is 0 Å². The minimum Gasteiger partial charge on any atom is -0.481 e. The first-order chi connectivity index (χ1) is 8.41. The second kappa shape index (κ2) is 4.90. The zero-order valence-electron chi connectivity index (χ0n) is 11.4. The van der Waals surface area contributed by atoms with Crippen LogP contribution in [0.15, 0.2) is 0 Å². The molecule has 1 N–H and O–H groups in total. The van der Waals surface area contributed by atoms with Gasteiger partial charge in [0.25, 0.3) is 0 Å². The average Bonchev–Trinajstić information content (AvgIpc) is 2.63. The molecule has 0 aromatic carbocycles. The van der Waals surface area contributed by atoms with Crippen LogP contribution in [-0.4, -0.2) is 34.0 Å². The number of carboxylic acid groups (broad SMARTS) is 1. The molecule has 1 amide bonds. The van der Waals surface area contributed by atoms with E-state index in [1.807, 2.05) is 18.7 Å². The first kappa shape index (κ1) is 13.4. The van der Waals surface area contributed by atoms with Gasteiger partial charge in [-0.1, -0.05) is 13.8 Å². The molecular formula is C14H23NO3. The maximum atomic E-state index is 12.2. The zero-order chi connectivity index (χ0) is 13.4. The van der Waals surface area contributed by atoms with Crippen molar-refractivity contribution in [2.24, 2.45) is 17.8 Å². The zero-order valence-corrected chi connectivity index (χ0v) is 11.4. The van der Waals surface area contributed by atoms with E-state index in [9.17, 15) is 14.7 Å². The van der Waals surface area contributed by atoms with Gasteiger partial charge in [-0.05, 0) is 38.0 Å². The number of amides is 1. The van der Waals surface area contributed by atoms with E-state index in [2.05, 4.69) is 6.92 Å². The Hall–Kier alpha value is -1.06.